The number of alkyl halides is 2. The zero-order valence-corrected chi connectivity index (χ0v) is 16.4. The van der Waals surface area contributed by atoms with Gasteiger partial charge < -0.3 is 14.3 Å². The van der Waals surface area contributed by atoms with E-state index >= 15 is 0 Å². The largest absolute Gasteiger partial charge is 0.401 e. The van der Waals surface area contributed by atoms with Crippen LogP contribution in [-0.4, -0.2) is 46.3 Å². The van der Waals surface area contributed by atoms with Gasteiger partial charge in [-0.1, -0.05) is 11.2 Å². The average molecular weight is 435 g/mol. The third kappa shape index (κ3) is 2.91. The maximum atomic E-state index is 13.5. The van der Waals surface area contributed by atoms with Crippen LogP contribution in [0.2, 0.25) is 0 Å². The average Bonchev–Trinajstić information content (AvgIpc) is 3.57. The minimum absolute atomic E-state index is 0.180. The van der Waals surface area contributed by atoms with E-state index in [0.29, 0.717) is 29.9 Å². The number of imidazole rings is 1. The molecule has 160 valence electrons. The molecular weight excluding hydrogens is 420 g/mol. The number of aromatic amines is 1. The molecule has 6 rings (SSSR count). The van der Waals surface area contributed by atoms with Crippen LogP contribution in [0.15, 0.2) is 53.6 Å². The van der Waals surface area contributed by atoms with E-state index in [0.717, 1.165) is 11.4 Å². The van der Waals surface area contributed by atoms with E-state index in [9.17, 15) is 8.78 Å². The van der Waals surface area contributed by atoms with Crippen LogP contribution in [-0.2, 0) is 6.42 Å². The van der Waals surface area contributed by atoms with Crippen LogP contribution in [0.3, 0.4) is 0 Å². The van der Waals surface area contributed by atoms with Crippen LogP contribution >= 0.6 is 0 Å². The SMILES string of the molecule is FC(F)c1cccc2cc([C@H]3c4nc[nH]c4CCN3c3nnc(-c4cnccn4)o3)nn12. The first-order valence-corrected chi connectivity index (χ1v) is 9.84. The third-order valence-electron chi connectivity index (χ3n) is 5.41. The van der Waals surface area contributed by atoms with Gasteiger partial charge in [0.05, 0.1) is 29.4 Å². The molecule has 0 spiro atoms. The highest BCUT2D eigenvalue weighted by molar-refractivity contribution is 5.53. The van der Waals surface area contributed by atoms with Gasteiger partial charge >= 0.3 is 6.01 Å². The normalized spacial score (nSPS) is 16.1. The summed E-state index contributed by atoms with van der Waals surface area (Å²) in [5.41, 5.74) is 3.07. The Labute approximate surface area is 179 Å². The molecule has 0 aliphatic carbocycles. The molecule has 0 amide bonds. The molecule has 1 aliphatic heterocycles. The maximum Gasteiger partial charge on any atom is 0.319 e. The first-order chi connectivity index (χ1) is 15.7. The number of hydrogen-bond acceptors (Lipinski definition) is 8. The zero-order chi connectivity index (χ0) is 21.7. The number of nitrogens with zero attached hydrogens (tertiary/aromatic N) is 8. The first kappa shape index (κ1) is 18.5. The highest BCUT2D eigenvalue weighted by Gasteiger charge is 2.36. The lowest BCUT2D eigenvalue weighted by Crippen LogP contribution is -2.37. The van der Waals surface area contributed by atoms with Gasteiger partial charge in [-0.25, -0.2) is 23.3 Å². The van der Waals surface area contributed by atoms with Gasteiger partial charge in [-0.05, 0) is 18.2 Å². The fourth-order valence-electron chi connectivity index (χ4n) is 3.98. The second-order valence-corrected chi connectivity index (χ2v) is 7.25. The monoisotopic (exact) mass is 435 g/mol. The van der Waals surface area contributed by atoms with Crippen LogP contribution in [0, 0.1) is 0 Å². The molecule has 1 N–H and O–H groups in total. The summed E-state index contributed by atoms with van der Waals surface area (Å²) < 4.78 is 34.2. The number of hydrogen-bond donors (Lipinski definition) is 1. The van der Waals surface area contributed by atoms with Gasteiger partial charge in [-0.2, -0.15) is 5.10 Å². The smallest absolute Gasteiger partial charge is 0.319 e. The molecule has 12 heteroatoms. The Kier molecular flexibility index (Phi) is 4.16. The summed E-state index contributed by atoms with van der Waals surface area (Å²) in [7, 11) is 0. The molecule has 32 heavy (non-hydrogen) atoms. The lowest BCUT2D eigenvalue weighted by Gasteiger charge is -2.32. The van der Waals surface area contributed by atoms with E-state index < -0.39 is 12.5 Å². The lowest BCUT2D eigenvalue weighted by atomic mass is 10.0. The first-order valence-electron chi connectivity index (χ1n) is 9.84. The Balaban J connectivity index is 1.46. The lowest BCUT2D eigenvalue weighted by molar-refractivity contribution is 0.143. The van der Waals surface area contributed by atoms with Crippen LogP contribution in [0.25, 0.3) is 17.1 Å². The Morgan fingerprint density at radius 1 is 1.16 bits per heavy atom. The van der Waals surface area contributed by atoms with Crippen molar-refractivity contribution >= 4 is 11.5 Å². The summed E-state index contributed by atoms with van der Waals surface area (Å²) in [4.78, 5) is 17.7. The Morgan fingerprint density at radius 2 is 2.09 bits per heavy atom. The number of fused-ring (bicyclic) bond motifs is 2. The molecule has 6 heterocycles. The van der Waals surface area contributed by atoms with E-state index in [1.807, 2.05) is 4.90 Å². The number of pyridine rings is 1. The summed E-state index contributed by atoms with van der Waals surface area (Å²) >= 11 is 0. The van der Waals surface area contributed by atoms with Crippen molar-refractivity contribution in [3.05, 3.63) is 72.0 Å². The van der Waals surface area contributed by atoms with Gasteiger partial charge in [0.2, 0.25) is 0 Å². The van der Waals surface area contributed by atoms with Crippen LogP contribution < -0.4 is 4.90 Å². The zero-order valence-electron chi connectivity index (χ0n) is 16.4. The van der Waals surface area contributed by atoms with Crippen molar-refractivity contribution in [2.24, 2.45) is 0 Å². The van der Waals surface area contributed by atoms with Crippen molar-refractivity contribution < 1.29 is 13.2 Å². The number of halogens is 2. The summed E-state index contributed by atoms with van der Waals surface area (Å²) in [5.74, 6) is 0.231. The predicted molar refractivity (Wildman–Crippen MR) is 107 cm³/mol. The fourth-order valence-corrected chi connectivity index (χ4v) is 3.98. The summed E-state index contributed by atoms with van der Waals surface area (Å²) in [6.07, 6.45) is 4.25. The van der Waals surface area contributed by atoms with E-state index in [1.165, 1.54) is 23.0 Å². The molecule has 5 aromatic rings. The number of anilines is 1. The molecule has 0 saturated heterocycles. The van der Waals surface area contributed by atoms with Gasteiger partial charge in [-0.15, -0.1) is 5.10 Å². The van der Waals surface area contributed by atoms with Crippen molar-refractivity contribution in [2.45, 2.75) is 18.9 Å². The Hall–Kier alpha value is -4.22. The summed E-state index contributed by atoms with van der Waals surface area (Å²) in [6.45, 7) is 0.539. The summed E-state index contributed by atoms with van der Waals surface area (Å²) in [6, 6.07) is 6.22. The standard InChI is InChI=1S/C20H15F2N9O/c21-18(22)15-3-1-2-11-8-13(29-31(11)15)17-16-12(25-10-26-16)4-7-30(17)20-28-27-19(32-20)14-9-23-5-6-24-14/h1-3,5-6,8-10,17-18H,4,7H2,(H,25,26)/t17-/m0/s1. The minimum atomic E-state index is -2.65. The maximum absolute atomic E-state index is 13.5. The molecule has 0 saturated carbocycles. The predicted octanol–water partition coefficient (Wildman–Crippen LogP) is 2.99. The van der Waals surface area contributed by atoms with Crippen molar-refractivity contribution in [1.29, 1.82) is 0 Å². The van der Waals surface area contributed by atoms with Gasteiger partial charge in [0.15, 0.2) is 0 Å². The molecule has 0 fully saturated rings. The van der Waals surface area contributed by atoms with Crippen LogP contribution in [0.1, 0.15) is 35.2 Å². The highest BCUT2D eigenvalue weighted by atomic mass is 19.3. The van der Waals surface area contributed by atoms with E-state index in [1.54, 1.807) is 30.7 Å². The second-order valence-electron chi connectivity index (χ2n) is 7.25. The molecule has 1 atom stereocenters. The molecular formula is C20H15F2N9O. The van der Waals surface area contributed by atoms with Crippen LogP contribution in [0.5, 0.6) is 0 Å². The molecule has 0 unspecified atom stereocenters. The highest BCUT2D eigenvalue weighted by Crippen LogP contribution is 2.37. The molecule has 0 bridgehead atoms. The van der Waals surface area contributed by atoms with Crippen molar-refractivity contribution in [3.63, 3.8) is 0 Å². The van der Waals surface area contributed by atoms with E-state index in [2.05, 4.69) is 35.2 Å². The van der Waals surface area contributed by atoms with Crippen molar-refractivity contribution in [2.75, 3.05) is 11.4 Å². The van der Waals surface area contributed by atoms with Gasteiger partial charge in [-0.3, -0.25) is 4.98 Å². The Bertz CT molecular complexity index is 1390. The topological polar surface area (TPSA) is 114 Å². The van der Waals surface area contributed by atoms with Gasteiger partial charge in [0.25, 0.3) is 12.3 Å². The molecule has 0 aromatic carbocycles. The number of rotatable bonds is 4. The van der Waals surface area contributed by atoms with Gasteiger partial charge in [0.1, 0.15) is 17.4 Å². The number of H-pyrrole nitrogens is 1. The molecule has 5 aromatic heterocycles. The minimum Gasteiger partial charge on any atom is -0.401 e. The third-order valence-corrected chi connectivity index (χ3v) is 5.41. The second kappa shape index (κ2) is 7.18. The number of nitrogens with one attached hydrogen (secondary N) is 1. The summed E-state index contributed by atoms with van der Waals surface area (Å²) in [5, 5.41) is 12.8. The number of aromatic nitrogens is 8. The molecule has 10 nitrogen and oxygen atoms in total. The molecule has 1 aliphatic rings. The van der Waals surface area contributed by atoms with Crippen molar-refractivity contribution in [3.8, 4) is 11.6 Å². The van der Waals surface area contributed by atoms with E-state index in [-0.39, 0.29) is 17.6 Å². The van der Waals surface area contributed by atoms with Crippen LogP contribution in [0.4, 0.5) is 14.8 Å². The van der Waals surface area contributed by atoms with Gasteiger partial charge in [0, 0.05) is 31.1 Å². The van der Waals surface area contributed by atoms with Crippen molar-refractivity contribution in [1.82, 2.24) is 39.7 Å². The quantitative estimate of drug-likeness (QED) is 0.458. The van der Waals surface area contributed by atoms with E-state index in [4.69, 9.17) is 4.42 Å². The fraction of sp³-hybridized carbons (Fsp3) is 0.200. The Morgan fingerprint density at radius 3 is 2.94 bits per heavy atom. The molecule has 0 radical (unpaired) electrons.